The number of hydrogen-bond donors (Lipinski definition) is 2. The highest BCUT2D eigenvalue weighted by molar-refractivity contribution is 6.31. The van der Waals surface area contributed by atoms with E-state index in [-0.39, 0.29) is 11.6 Å². The van der Waals surface area contributed by atoms with Gasteiger partial charge in [0.15, 0.2) is 0 Å². The van der Waals surface area contributed by atoms with E-state index in [1.807, 2.05) is 55.5 Å². The Morgan fingerprint density at radius 2 is 1.80 bits per heavy atom. The lowest BCUT2D eigenvalue weighted by Gasteiger charge is -2.08. The molecule has 0 spiro atoms. The van der Waals surface area contributed by atoms with Crippen molar-refractivity contribution in [2.24, 2.45) is 0 Å². The summed E-state index contributed by atoms with van der Waals surface area (Å²) in [5.74, 6) is 0.279. The molecule has 1 aromatic heterocycles. The molecule has 3 aromatic rings. The Morgan fingerprint density at radius 1 is 1.04 bits per heavy atom. The minimum atomic E-state index is -0.297. The normalized spacial score (nSPS) is 10.3. The highest BCUT2D eigenvalue weighted by atomic mass is 35.5. The summed E-state index contributed by atoms with van der Waals surface area (Å²) in [5.41, 5.74) is 3.07. The fraction of sp³-hybridized carbons (Fsp3) is 0.105. The van der Waals surface area contributed by atoms with Crippen LogP contribution in [0.5, 0.6) is 0 Å². The molecule has 0 bridgehead atoms. The maximum absolute atomic E-state index is 12.2. The molecule has 0 saturated heterocycles. The van der Waals surface area contributed by atoms with Gasteiger partial charge in [0.25, 0.3) is 5.91 Å². The lowest BCUT2D eigenvalue weighted by molar-refractivity contribution is 0.102. The van der Waals surface area contributed by atoms with Crippen LogP contribution in [-0.4, -0.2) is 15.9 Å². The fourth-order valence-corrected chi connectivity index (χ4v) is 2.40. The predicted molar refractivity (Wildman–Crippen MR) is 99.9 cm³/mol. The van der Waals surface area contributed by atoms with Crippen LogP contribution in [0.4, 0.5) is 11.5 Å². The Balaban J connectivity index is 1.60. The van der Waals surface area contributed by atoms with Gasteiger partial charge in [-0.3, -0.25) is 4.79 Å². The van der Waals surface area contributed by atoms with E-state index in [0.29, 0.717) is 17.4 Å². The number of carbonyl (C=O) groups excluding carboxylic acids is 1. The maximum Gasteiger partial charge on any atom is 0.275 e. The Labute approximate surface area is 151 Å². The summed E-state index contributed by atoms with van der Waals surface area (Å²) >= 11 is 6.12. The molecule has 6 heteroatoms. The summed E-state index contributed by atoms with van der Waals surface area (Å²) in [5, 5.41) is 6.62. The van der Waals surface area contributed by atoms with Gasteiger partial charge in [0, 0.05) is 17.3 Å². The van der Waals surface area contributed by atoms with Crippen LogP contribution in [-0.2, 0) is 6.54 Å². The van der Waals surface area contributed by atoms with Crippen molar-refractivity contribution in [2.45, 2.75) is 13.5 Å². The lowest BCUT2D eigenvalue weighted by Crippen LogP contribution is -2.14. The van der Waals surface area contributed by atoms with Crippen molar-refractivity contribution in [3.8, 4) is 0 Å². The smallest absolute Gasteiger partial charge is 0.275 e. The Morgan fingerprint density at radius 3 is 2.48 bits per heavy atom. The van der Waals surface area contributed by atoms with E-state index in [4.69, 9.17) is 11.6 Å². The summed E-state index contributed by atoms with van der Waals surface area (Å²) in [6.45, 7) is 2.52. The van der Waals surface area contributed by atoms with Crippen molar-refractivity contribution in [1.82, 2.24) is 9.97 Å². The third kappa shape index (κ3) is 4.55. The topological polar surface area (TPSA) is 66.9 Å². The molecule has 0 atom stereocenters. The van der Waals surface area contributed by atoms with Crippen LogP contribution in [0, 0.1) is 6.92 Å². The molecule has 25 heavy (non-hydrogen) atoms. The predicted octanol–water partition coefficient (Wildman–Crippen LogP) is 4.30. The third-order valence-electron chi connectivity index (χ3n) is 3.61. The molecule has 0 aliphatic carbocycles. The summed E-state index contributed by atoms with van der Waals surface area (Å²) < 4.78 is 0. The van der Waals surface area contributed by atoms with Crippen LogP contribution in [0.1, 0.15) is 21.6 Å². The number of aromatic nitrogens is 2. The van der Waals surface area contributed by atoms with E-state index in [1.165, 1.54) is 12.4 Å². The van der Waals surface area contributed by atoms with Gasteiger partial charge in [0.05, 0.1) is 12.4 Å². The van der Waals surface area contributed by atoms with Crippen LogP contribution < -0.4 is 10.6 Å². The van der Waals surface area contributed by atoms with Gasteiger partial charge in [-0.2, -0.15) is 0 Å². The van der Waals surface area contributed by atoms with Gasteiger partial charge in [0.1, 0.15) is 11.5 Å². The average molecular weight is 353 g/mol. The zero-order chi connectivity index (χ0) is 17.6. The summed E-state index contributed by atoms with van der Waals surface area (Å²) in [6.07, 6.45) is 2.97. The largest absolute Gasteiger partial charge is 0.365 e. The Kier molecular flexibility index (Phi) is 5.26. The first-order valence-corrected chi connectivity index (χ1v) is 8.17. The van der Waals surface area contributed by atoms with Crippen LogP contribution in [0.25, 0.3) is 0 Å². The number of hydrogen-bond acceptors (Lipinski definition) is 4. The number of halogens is 1. The molecule has 126 valence electrons. The molecular formula is C19H17ClN4O. The molecule has 5 nitrogen and oxygen atoms in total. The van der Waals surface area contributed by atoms with Gasteiger partial charge in [0.2, 0.25) is 0 Å². The molecule has 0 aliphatic rings. The molecular weight excluding hydrogens is 336 g/mol. The Hall–Kier alpha value is -2.92. The molecule has 0 fully saturated rings. The molecule has 0 unspecified atom stereocenters. The number of aryl methyl sites for hydroxylation is 1. The van der Waals surface area contributed by atoms with Crippen molar-refractivity contribution in [2.75, 3.05) is 10.6 Å². The quantitative estimate of drug-likeness (QED) is 0.718. The minimum Gasteiger partial charge on any atom is -0.365 e. The maximum atomic E-state index is 12.2. The van der Waals surface area contributed by atoms with Crippen LogP contribution in [0.15, 0.2) is 60.9 Å². The molecule has 2 aromatic carbocycles. The third-order valence-corrected chi connectivity index (χ3v) is 3.98. The minimum absolute atomic E-state index is 0.254. The van der Waals surface area contributed by atoms with Gasteiger partial charge in [-0.05, 0) is 30.7 Å². The molecule has 1 amide bonds. The molecule has 3 rings (SSSR count). The van der Waals surface area contributed by atoms with Crippen molar-refractivity contribution in [3.63, 3.8) is 0 Å². The SMILES string of the molecule is Cc1ccc(NC(=O)c2cnc(NCc3ccccc3Cl)cn2)cc1. The van der Waals surface area contributed by atoms with E-state index in [2.05, 4.69) is 20.6 Å². The number of rotatable bonds is 5. The second-order valence-corrected chi connectivity index (χ2v) is 5.96. The van der Waals surface area contributed by atoms with Crippen LogP contribution in [0.2, 0.25) is 5.02 Å². The van der Waals surface area contributed by atoms with E-state index in [0.717, 1.165) is 16.8 Å². The number of nitrogens with zero attached hydrogens (tertiary/aromatic N) is 2. The average Bonchev–Trinajstić information content (AvgIpc) is 2.63. The summed E-state index contributed by atoms with van der Waals surface area (Å²) in [6, 6.07) is 15.1. The number of carbonyl (C=O) groups is 1. The first kappa shape index (κ1) is 16.9. The van der Waals surface area contributed by atoms with Gasteiger partial charge in [-0.15, -0.1) is 0 Å². The highest BCUT2D eigenvalue weighted by Crippen LogP contribution is 2.16. The van der Waals surface area contributed by atoms with Gasteiger partial charge in [-0.1, -0.05) is 47.5 Å². The van der Waals surface area contributed by atoms with Gasteiger partial charge in [-0.25, -0.2) is 9.97 Å². The zero-order valence-electron chi connectivity index (χ0n) is 13.7. The monoisotopic (exact) mass is 352 g/mol. The van der Waals surface area contributed by atoms with Gasteiger partial charge >= 0.3 is 0 Å². The van der Waals surface area contributed by atoms with Crippen molar-refractivity contribution in [3.05, 3.63) is 82.8 Å². The number of nitrogens with one attached hydrogen (secondary N) is 2. The molecule has 0 aliphatic heterocycles. The second kappa shape index (κ2) is 7.77. The fourth-order valence-electron chi connectivity index (χ4n) is 2.20. The molecule has 1 heterocycles. The summed E-state index contributed by atoms with van der Waals surface area (Å²) in [4.78, 5) is 20.6. The molecule has 2 N–H and O–H groups in total. The molecule has 0 saturated carbocycles. The number of benzene rings is 2. The van der Waals surface area contributed by atoms with Crippen molar-refractivity contribution >= 4 is 29.0 Å². The highest BCUT2D eigenvalue weighted by Gasteiger charge is 2.08. The number of amides is 1. The lowest BCUT2D eigenvalue weighted by atomic mass is 10.2. The first-order chi connectivity index (χ1) is 12.1. The summed E-state index contributed by atoms with van der Waals surface area (Å²) in [7, 11) is 0. The van der Waals surface area contributed by atoms with E-state index >= 15 is 0 Å². The number of anilines is 2. The van der Waals surface area contributed by atoms with E-state index < -0.39 is 0 Å². The molecule has 0 radical (unpaired) electrons. The van der Waals surface area contributed by atoms with Gasteiger partial charge < -0.3 is 10.6 Å². The van der Waals surface area contributed by atoms with Crippen molar-refractivity contribution in [1.29, 1.82) is 0 Å². The van der Waals surface area contributed by atoms with E-state index in [1.54, 1.807) is 0 Å². The standard InChI is InChI=1S/C19H17ClN4O/c1-13-6-8-15(9-7-13)24-19(25)17-11-23-18(12-21-17)22-10-14-4-2-3-5-16(14)20/h2-9,11-12H,10H2,1H3,(H,22,23)(H,24,25). The van der Waals surface area contributed by atoms with Crippen LogP contribution >= 0.6 is 11.6 Å². The van der Waals surface area contributed by atoms with Crippen LogP contribution in [0.3, 0.4) is 0 Å². The zero-order valence-corrected chi connectivity index (χ0v) is 14.4. The van der Waals surface area contributed by atoms with E-state index in [9.17, 15) is 4.79 Å². The first-order valence-electron chi connectivity index (χ1n) is 7.79. The van der Waals surface area contributed by atoms with Crippen molar-refractivity contribution < 1.29 is 4.79 Å². The Bertz CT molecular complexity index is 863. The second-order valence-electron chi connectivity index (χ2n) is 5.55.